The van der Waals surface area contributed by atoms with Gasteiger partial charge in [0.05, 0.1) is 10.6 Å². The summed E-state index contributed by atoms with van der Waals surface area (Å²) in [5.41, 5.74) is 0.598. The maximum atomic E-state index is 12.8. The molecule has 1 saturated heterocycles. The summed E-state index contributed by atoms with van der Waals surface area (Å²) in [5.74, 6) is -3.39. The van der Waals surface area contributed by atoms with Crippen LogP contribution in [0.1, 0.15) is 33.1 Å². The number of anilines is 1. The molecule has 0 aromatic heterocycles. The van der Waals surface area contributed by atoms with Crippen molar-refractivity contribution < 1.29 is 17.2 Å². The lowest BCUT2D eigenvalue weighted by Crippen LogP contribution is -2.27. The van der Waals surface area contributed by atoms with Crippen LogP contribution in [0.25, 0.3) is 0 Å². The molecule has 1 fully saturated rings. The number of hydrogen-bond acceptors (Lipinski definition) is 3. The van der Waals surface area contributed by atoms with E-state index in [-0.39, 0.29) is 10.3 Å². The van der Waals surface area contributed by atoms with E-state index >= 15 is 0 Å². The van der Waals surface area contributed by atoms with Gasteiger partial charge in [0.25, 0.3) is 0 Å². The zero-order valence-electron chi connectivity index (χ0n) is 12.4. The van der Waals surface area contributed by atoms with Gasteiger partial charge in [0.15, 0.2) is 0 Å². The van der Waals surface area contributed by atoms with Gasteiger partial charge in [-0.3, -0.25) is 0 Å². The number of hydrogen-bond donors (Lipinski definition) is 0. The Kier molecular flexibility index (Phi) is 4.56. The molecule has 21 heavy (non-hydrogen) atoms. The highest BCUT2D eigenvalue weighted by Gasteiger charge is 2.31. The highest BCUT2D eigenvalue weighted by molar-refractivity contribution is 7.91. The van der Waals surface area contributed by atoms with Crippen LogP contribution >= 0.6 is 0 Å². The summed E-state index contributed by atoms with van der Waals surface area (Å²) in [7, 11) is -4.57. The molecule has 0 unspecified atom stereocenters. The molecule has 118 valence electrons. The maximum Gasteiger partial charge on any atom is 0.341 e. The molecule has 0 radical (unpaired) electrons. The van der Waals surface area contributed by atoms with Crippen molar-refractivity contribution >= 4 is 15.5 Å². The first-order valence-electron chi connectivity index (χ1n) is 7.10. The summed E-state index contributed by atoms with van der Waals surface area (Å²) in [4.78, 5) is 1.66. The van der Waals surface area contributed by atoms with Gasteiger partial charge in [-0.15, -0.1) is 0 Å². The van der Waals surface area contributed by atoms with Crippen molar-refractivity contribution in [3.63, 3.8) is 0 Å². The Balaban J connectivity index is 2.37. The Morgan fingerprint density at radius 2 is 1.81 bits per heavy atom. The quantitative estimate of drug-likeness (QED) is 0.853. The molecule has 2 rings (SSSR count). The number of nitrogens with zero attached hydrogens (tertiary/aromatic N) is 1. The van der Waals surface area contributed by atoms with Crippen molar-refractivity contribution in [2.24, 2.45) is 5.41 Å². The third-order valence-corrected chi connectivity index (χ3v) is 5.51. The Morgan fingerprint density at radius 3 is 2.48 bits per heavy atom. The molecule has 3 nitrogen and oxygen atoms in total. The summed E-state index contributed by atoms with van der Waals surface area (Å²) in [6.07, 6.45) is 2.89. The van der Waals surface area contributed by atoms with Gasteiger partial charge in [0.1, 0.15) is 0 Å². The van der Waals surface area contributed by atoms with E-state index in [2.05, 4.69) is 13.8 Å². The molecule has 1 aromatic carbocycles. The van der Waals surface area contributed by atoms with Crippen molar-refractivity contribution in [3.05, 3.63) is 24.3 Å². The second-order valence-electron chi connectivity index (χ2n) is 6.28. The van der Waals surface area contributed by atoms with E-state index in [1.165, 1.54) is 12.1 Å². The van der Waals surface area contributed by atoms with Gasteiger partial charge < -0.3 is 4.90 Å². The van der Waals surface area contributed by atoms with Crippen molar-refractivity contribution in [1.29, 1.82) is 0 Å². The number of alkyl halides is 2. The molecule has 1 heterocycles. The van der Waals surface area contributed by atoms with E-state index in [1.807, 2.05) is 4.90 Å². The Labute approximate surface area is 124 Å². The SMILES string of the molecule is CC1(C)CCCN(c2ccccc2S(=O)(=O)C(F)F)CC1. The summed E-state index contributed by atoms with van der Waals surface area (Å²) >= 11 is 0. The minimum atomic E-state index is -4.57. The topological polar surface area (TPSA) is 37.4 Å². The molecule has 1 aliphatic heterocycles. The van der Waals surface area contributed by atoms with Gasteiger partial charge >= 0.3 is 5.76 Å². The summed E-state index contributed by atoms with van der Waals surface area (Å²) in [6.45, 7) is 5.73. The monoisotopic (exact) mass is 317 g/mol. The summed E-state index contributed by atoms with van der Waals surface area (Å²) in [5, 5.41) is 0. The van der Waals surface area contributed by atoms with E-state index in [0.717, 1.165) is 19.3 Å². The number of sulfone groups is 1. The zero-order chi connectivity index (χ0) is 15.7. The van der Waals surface area contributed by atoms with Gasteiger partial charge in [-0.1, -0.05) is 26.0 Å². The fourth-order valence-electron chi connectivity index (χ4n) is 2.72. The predicted molar refractivity (Wildman–Crippen MR) is 79.5 cm³/mol. The van der Waals surface area contributed by atoms with Gasteiger partial charge in [0, 0.05) is 13.1 Å². The number of benzene rings is 1. The van der Waals surface area contributed by atoms with E-state index in [0.29, 0.717) is 18.8 Å². The summed E-state index contributed by atoms with van der Waals surface area (Å²) in [6, 6.07) is 6.07. The van der Waals surface area contributed by atoms with Crippen molar-refractivity contribution in [1.82, 2.24) is 0 Å². The number of halogens is 2. The van der Waals surface area contributed by atoms with Crippen LogP contribution in [-0.2, 0) is 9.84 Å². The van der Waals surface area contributed by atoms with Gasteiger partial charge in [0.2, 0.25) is 9.84 Å². The average Bonchev–Trinajstić information content (AvgIpc) is 2.59. The highest BCUT2D eigenvalue weighted by atomic mass is 32.2. The molecule has 0 aliphatic carbocycles. The number of para-hydroxylation sites is 1. The Bertz CT molecular complexity index is 599. The second-order valence-corrected chi connectivity index (χ2v) is 8.16. The van der Waals surface area contributed by atoms with Crippen molar-refractivity contribution in [2.45, 2.75) is 43.8 Å². The van der Waals surface area contributed by atoms with Crippen LogP contribution in [0.15, 0.2) is 29.2 Å². The van der Waals surface area contributed by atoms with Crippen LogP contribution in [0.3, 0.4) is 0 Å². The number of rotatable bonds is 3. The van der Waals surface area contributed by atoms with Crippen molar-refractivity contribution in [2.75, 3.05) is 18.0 Å². The van der Waals surface area contributed by atoms with Gasteiger partial charge in [-0.05, 0) is 36.8 Å². The molecule has 1 aliphatic rings. The van der Waals surface area contributed by atoms with Crippen molar-refractivity contribution in [3.8, 4) is 0 Å². The largest absolute Gasteiger partial charge is 0.370 e. The van der Waals surface area contributed by atoms with E-state index in [1.54, 1.807) is 12.1 Å². The van der Waals surface area contributed by atoms with Crippen LogP contribution in [0, 0.1) is 5.41 Å². The Morgan fingerprint density at radius 1 is 1.14 bits per heavy atom. The third-order valence-electron chi connectivity index (χ3n) is 4.09. The first kappa shape index (κ1) is 16.2. The molecular weight excluding hydrogens is 296 g/mol. The van der Waals surface area contributed by atoms with Crippen LogP contribution in [0.4, 0.5) is 14.5 Å². The average molecular weight is 317 g/mol. The smallest absolute Gasteiger partial charge is 0.341 e. The molecule has 0 saturated carbocycles. The van der Waals surface area contributed by atoms with Crippen LogP contribution in [-0.4, -0.2) is 27.3 Å². The second kappa shape index (κ2) is 5.91. The molecule has 6 heteroatoms. The highest BCUT2D eigenvalue weighted by Crippen LogP contribution is 2.35. The summed E-state index contributed by atoms with van der Waals surface area (Å²) < 4.78 is 49.3. The van der Waals surface area contributed by atoms with Gasteiger partial charge in [-0.25, -0.2) is 8.42 Å². The molecular formula is C15H21F2NO2S. The van der Waals surface area contributed by atoms with Crippen LogP contribution in [0.5, 0.6) is 0 Å². The minimum Gasteiger partial charge on any atom is -0.370 e. The first-order valence-corrected chi connectivity index (χ1v) is 8.65. The Hall–Kier alpha value is -1.17. The lowest BCUT2D eigenvalue weighted by atomic mass is 9.85. The fourth-order valence-corrected chi connectivity index (χ4v) is 3.67. The minimum absolute atomic E-state index is 0.200. The van der Waals surface area contributed by atoms with Crippen LogP contribution in [0.2, 0.25) is 0 Å². The first-order chi connectivity index (χ1) is 9.74. The van der Waals surface area contributed by atoms with E-state index in [4.69, 9.17) is 0 Å². The molecule has 0 N–H and O–H groups in total. The van der Waals surface area contributed by atoms with E-state index in [9.17, 15) is 17.2 Å². The normalized spacial score (nSPS) is 19.6. The standard InChI is InChI=1S/C15H21F2NO2S/c1-15(2)8-5-10-18(11-9-15)12-6-3-4-7-13(12)21(19,20)14(16)17/h3-4,6-7,14H,5,8-11H2,1-2H3. The third kappa shape index (κ3) is 3.54. The molecule has 1 aromatic rings. The maximum absolute atomic E-state index is 12.8. The van der Waals surface area contributed by atoms with E-state index < -0.39 is 15.6 Å². The molecule has 0 atom stereocenters. The lowest BCUT2D eigenvalue weighted by Gasteiger charge is -2.26. The van der Waals surface area contributed by atoms with Gasteiger partial charge in [-0.2, -0.15) is 8.78 Å². The fraction of sp³-hybridized carbons (Fsp3) is 0.600. The molecule has 0 bridgehead atoms. The zero-order valence-corrected chi connectivity index (χ0v) is 13.2. The molecule has 0 spiro atoms. The molecule has 0 amide bonds. The lowest BCUT2D eigenvalue weighted by molar-refractivity contribution is 0.235. The predicted octanol–water partition coefficient (Wildman–Crippen LogP) is 3.70. The van der Waals surface area contributed by atoms with Crippen LogP contribution < -0.4 is 4.90 Å².